The van der Waals surface area contributed by atoms with Crippen LogP contribution in [0.1, 0.15) is 44.1 Å². The minimum atomic E-state index is -0.834. The molecule has 3 atom stereocenters. The Bertz CT molecular complexity index is 619. The van der Waals surface area contributed by atoms with Gasteiger partial charge in [-0.3, -0.25) is 4.79 Å². The van der Waals surface area contributed by atoms with Crippen LogP contribution in [0.4, 0.5) is 8.78 Å². The normalized spacial score (nSPS) is 25.7. The van der Waals surface area contributed by atoms with Crippen LogP contribution in [0.25, 0.3) is 0 Å². The molecule has 2 aliphatic rings. The Labute approximate surface area is 154 Å². The van der Waals surface area contributed by atoms with Crippen molar-refractivity contribution in [2.24, 2.45) is 11.8 Å². The molecule has 2 saturated heterocycles. The lowest BCUT2D eigenvalue weighted by Gasteiger charge is -2.34. The van der Waals surface area contributed by atoms with E-state index in [9.17, 15) is 13.6 Å². The van der Waals surface area contributed by atoms with Crippen molar-refractivity contribution < 1.29 is 13.6 Å². The van der Waals surface area contributed by atoms with Crippen molar-refractivity contribution in [3.8, 4) is 0 Å². The molecule has 3 rings (SSSR count). The summed E-state index contributed by atoms with van der Waals surface area (Å²) in [4.78, 5) is 12.6. The number of amides is 1. The third-order valence-corrected chi connectivity index (χ3v) is 5.90. The fourth-order valence-electron chi connectivity index (χ4n) is 4.29. The largest absolute Gasteiger partial charge is 0.351 e. The number of hydrogen-bond donors (Lipinski definition) is 3. The van der Waals surface area contributed by atoms with Crippen molar-refractivity contribution in [3.63, 3.8) is 0 Å². The number of benzene rings is 1. The average Bonchev–Trinajstić information content (AvgIpc) is 2.65. The maximum atomic E-state index is 13.6. The van der Waals surface area contributed by atoms with Crippen LogP contribution < -0.4 is 16.0 Å². The highest BCUT2D eigenvalue weighted by molar-refractivity contribution is 5.76. The van der Waals surface area contributed by atoms with Crippen LogP contribution >= 0.6 is 0 Å². The summed E-state index contributed by atoms with van der Waals surface area (Å²) in [5, 5.41) is 9.78. The van der Waals surface area contributed by atoms with Crippen LogP contribution in [-0.4, -0.2) is 38.1 Å². The summed E-state index contributed by atoms with van der Waals surface area (Å²) >= 11 is 0. The average molecular weight is 365 g/mol. The Morgan fingerprint density at radius 2 is 1.88 bits per heavy atom. The zero-order chi connectivity index (χ0) is 18.5. The number of halogens is 2. The number of carbonyl (C=O) groups is 1. The van der Waals surface area contributed by atoms with Gasteiger partial charge in [0.1, 0.15) is 0 Å². The van der Waals surface area contributed by atoms with Crippen molar-refractivity contribution in [2.45, 2.75) is 44.6 Å². The lowest BCUT2D eigenvalue weighted by atomic mass is 9.83. The zero-order valence-electron chi connectivity index (χ0n) is 15.4. The van der Waals surface area contributed by atoms with Gasteiger partial charge in [-0.25, -0.2) is 8.78 Å². The molecule has 0 saturated carbocycles. The van der Waals surface area contributed by atoms with E-state index in [-0.39, 0.29) is 17.9 Å². The molecule has 0 radical (unpaired) electrons. The first kappa shape index (κ1) is 19.2. The van der Waals surface area contributed by atoms with Gasteiger partial charge in [-0.1, -0.05) is 13.0 Å². The fourth-order valence-corrected chi connectivity index (χ4v) is 4.29. The lowest BCUT2D eigenvalue weighted by molar-refractivity contribution is -0.123. The highest BCUT2D eigenvalue weighted by Crippen LogP contribution is 2.28. The Hall–Kier alpha value is -1.53. The molecule has 1 aromatic rings. The van der Waals surface area contributed by atoms with E-state index in [0.29, 0.717) is 24.8 Å². The van der Waals surface area contributed by atoms with E-state index >= 15 is 0 Å². The standard InChI is InChI=1S/C20H29F2N3O/c1-13(14-4-7-23-8-5-14)10-20(26)25-19-12-24-9-6-16(19)15-2-3-17(21)18(22)11-15/h2-3,11,13-14,16,19,23-24H,4-10,12H2,1H3,(H,25,26). The van der Waals surface area contributed by atoms with Crippen molar-refractivity contribution in [1.82, 2.24) is 16.0 Å². The van der Waals surface area contributed by atoms with Gasteiger partial charge in [-0.15, -0.1) is 0 Å². The number of carbonyl (C=O) groups excluding carboxylic acids is 1. The summed E-state index contributed by atoms with van der Waals surface area (Å²) < 4.78 is 26.9. The van der Waals surface area contributed by atoms with E-state index in [1.54, 1.807) is 6.07 Å². The van der Waals surface area contributed by atoms with Gasteiger partial charge in [-0.05, 0) is 68.4 Å². The van der Waals surface area contributed by atoms with Crippen LogP contribution in [0.5, 0.6) is 0 Å². The van der Waals surface area contributed by atoms with Gasteiger partial charge >= 0.3 is 0 Å². The monoisotopic (exact) mass is 365 g/mol. The van der Waals surface area contributed by atoms with E-state index in [4.69, 9.17) is 0 Å². The summed E-state index contributed by atoms with van der Waals surface area (Å²) in [6.07, 6.45) is 3.55. The Balaban J connectivity index is 1.60. The smallest absolute Gasteiger partial charge is 0.220 e. The Kier molecular flexibility index (Phi) is 6.59. The van der Waals surface area contributed by atoms with Crippen LogP contribution in [0.3, 0.4) is 0 Å². The van der Waals surface area contributed by atoms with Crippen molar-refractivity contribution >= 4 is 5.91 Å². The molecule has 0 aliphatic carbocycles. The van der Waals surface area contributed by atoms with Crippen molar-refractivity contribution in [2.75, 3.05) is 26.2 Å². The highest BCUT2D eigenvalue weighted by Gasteiger charge is 2.29. The lowest BCUT2D eigenvalue weighted by Crippen LogP contribution is -2.50. The first-order valence-corrected chi connectivity index (χ1v) is 9.70. The van der Waals surface area contributed by atoms with Gasteiger partial charge < -0.3 is 16.0 Å². The van der Waals surface area contributed by atoms with Gasteiger partial charge in [0.15, 0.2) is 11.6 Å². The third-order valence-electron chi connectivity index (χ3n) is 5.90. The molecule has 0 bridgehead atoms. The van der Waals surface area contributed by atoms with Crippen LogP contribution in [0.15, 0.2) is 18.2 Å². The van der Waals surface area contributed by atoms with E-state index < -0.39 is 11.6 Å². The van der Waals surface area contributed by atoms with E-state index in [0.717, 1.165) is 44.5 Å². The molecule has 26 heavy (non-hydrogen) atoms. The molecule has 2 fully saturated rings. The molecule has 1 aromatic carbocycles. The third kappa shape index (κ3) is 4.80. The maximum Gasteiger partial charge on any atom is 0.220 e. The second kappa shape index (κ2) is 8.91. The first-order valence-electron chi connectivity index (χ1n) is 9.70. The predicted octanol–water partition coefficient (Wildman–Crippen LogP) is 2.55. The molecule has 3 unspecified atom stereocenters. The minimum Gasteiger partial charge on any atom is -0.351 e. The van der Waals surface area contributed by atoms with E-state index in [2.05, 4.69) is 22.9 Å². The molecule has 2 heterocycles. The Morgan fingerprint density at radius 1 is 1.15 bits per heavy atom. The predicted molar refractivity (Wildman–Crippen MR) is 97.9 cm³/mol. The van der Waals surface area contributed by atoms with Crippen LogP contribution in [0.2, 0.25) is 0 Å². The number of nitrogens with one attached hydrogen (secondary N) is 3. The van der Waals surface area contributed by atoms with Gasteiger partial charge in [-0.2, -0.15) is 0 Å². The van der Waals surface area contributed by atoms with Crippen molar-refractivity contribution in [1.29, 1.82) is 0 Å². The summed E-state index contributed by atoms with van der Waals surface area (Å²) in [7, 11) is 0. The summed E-state index contributed by atoms with van der Waals surface area (Å²) in [6, 6.07) is 3.97. The molecule has 144 valence electrons. The quantitative estimate of drug-likeness (QED) is 0.752. The minimum absolute atomic E-state index is 0.00415. The number of hydrogen-bond acceptors (Lipinski definition) is 3. The topological polar surface area (TPSA) is 53.2 Å². The maximum absolute atomic E-state index is 13.6. The molecule has 0 spiro atoms. The molecule has 4 nitrogen and oxygen atoms in total. The molecule has 6 heteroatoms. The SMILES string of the molecule is CC(CC(=O)NC1CNCCC1c1ccc(F)c(F)c1)C1CCNCC1. The molecule has 1 amide bonds. The zero-order valence-corrected chi connectivity index (χ0v) is 15.4. The highest BCUT2D eigenvalue weighted by atomic mass is 19.2. The summed E-state index contributed by atoms with van der Waals surface area (Å²) in [6.45, 7) is 5.67. The molecular weight excluding hydrogens is 336 g/mol. The van der Waals surface area contributed by atoms with E-state index in [1.807, 2.05) is 0 Å². The summed E-state index contributed by atoms with van der Waals surface area (Å²) in [5.74, 6) is -0.657. The van der Waals surface area contributed by atoms with Crippen molar-refractivity contribution in [3.05, 3.63) is 35.4 Å². The van der Waals surface area contributed by atoms with Gasteiger partial charge in [0.25, 0.3) is 0 Å². The van der Waals surface area contributed by atoms with Crippen LogP contribution in [0, 0.1) is 23.5 Å². The number of rotatable bonds is 5. The van der Waals surface area contributed by atoms with E-state index in [1.165, 1.54) is 12.1 Å². The number of piperidine rings is 2. The van der Waals surface area contributed by atoms with Gasteiger partial charge in [0.05, 0.1) is 0 Å². The summed E-state index contributed by atoms with van der Waals surface area (Å²) in [5.41, 5.74) is 0.752. The molecule has 2 aliphatic heterocycles. The van der Waals surface area contributed by atoms with Crippen LogP contribution in [-0.2, 0) is 4.79 Å². The second-order valence-corrected chi connectivity index (χ2v) is 7.72. The second-order valence-electron chi connectivity index (χ2n) is 7.72. The fraction of sp³-hybridized carbons (Fsp3) is 0.650. The van der Waals surface area contributed by atoms with Gasteiger partial charge in [0.2, 0.25) is 5.91 Å². The molecular formula is C20H29F2N3O. The first-order chi connectivity index (χ1) is 12.5. The molecule has 0 aromatic heterocycles. The Morgan fingerprint density at radius 3 is 2.62 bits per heavy atom. The molecule has 3 N–H and O–H groups in total. The van der Waals surface area contributed by atoms with Gasteiger partial charge in [0, 0.05) is 24.9 Å².